The zero-order valence-corrected chi connectivity index (χ0v) is 17.8. The van der Waals surface area contributed by atoms with Crippen LogP contribution in [0, 0.1) is 16.0 Å². The maximum absolute atomic E-state index is 13.6. The molecular formula is C25H23NO6. The summed E-state index contributed by atoms with van der Waals surface area (Å²) in [6, 6.07) is 21.5. The number of nitrogens with zero attached hydrogens (tertiary/aromatic N) is 1. The molecule has 0 amide bonds. The molecule has 0 saturated heterocycles. The van der Waals surface area contributed by atoms with Gasteiger partial charge in [0.05, 0.1) is 26.1 Å². The van der Waals surface area contributed by atoms with Crippen LogP contribution in [0.2, 0.25) is 0 Å². The van der Waals surface area contributed by atoms with Crippen LogP contribution in [0.25, 0.3) is 0 Å². The summed E-state index contributed by atoms with van der Waals surface area (Å²) in [4.78, 5) is 38.3. The van der Waals surface area contributed by atoms with Crippen molar-refractivity contribution in [3.05, 3.63) is 106 Å². The van der Waals surface area contributed by atoms with Crippen molar-refractivity contribution >= 4 is 11.6 Å². The van der Waals surface area contributed by atoms with Crippen molar-refractivity contribution in [2.45, 2.75) is 5.92 Å². The lowest BCUT2D eigenvalue weighted by molar-refractivity contribution is -0.484. The lowest BCUT2D eigenvalue weighted by Crippen LogP contribution is -2.34. The summed E-state index contributed by atoms with van der Waals surface area (Å²) >= 11 is 0. The minimum Gasteiger partial charge on any atom is -0.497 e. The van der Waals surface area contributed by atoms with E-state index in [1.54, 1.807) is 78.9 Å². The number of methoxy groups -OCH3 is 2. The molecule has 0 aliphatic rings. The van der Waals surface area contributed by atoms with Gasteiger partial charge in [-0.05, 0) is 6.07 Å². The van der Waals surface area contributed by atoms with E-state index < -0.39 is 34.9 Å². The molecule has 3 aromatic carbocycles. The summed E-state index contributed by atoms with van der Waals surface area (Å²) in [6.07, 6.45) is 0. The highest BCUT2D eigenvalue weighted by Crippen LogP contribution is 2.38. The van der Waals surface area contributed by atoms with Gasteiger partial charge >= 0.3 is 0 Å². The van der Waals surface area contributed by atoms with E-state index in [9.17, 15) is 19.7 Å². The van der Waals surface area contributed by atoms with Crippen LogP contribution in [0.1, 0.15) is 32.2 Å². The molecular weight excluding hydrogens is 410 g/mol. The molecule has 164 valence electrons. The first-order chi connectivity index (χ1) is 15.5. The van der Waals surface area contributed by atoms with Crippen LogP contribution in [-0.4, -0.2) is 37.3 Å². The standard InChI is InChI=1S/C25H23NO6/c1-31-19-13-14-20(22(15-19)32-2)21(16-26(29)30)23(24(27)17-9-5-3-6-10-17)25(28)18-11-7-4-8-12-18/h3-15,21,23H,16H2,1-2H3/t21-/m0/s1. The molecule has 0 aromatic heterocycles. The lowest BCUT2D eigenvalue weighted by atomic mass is 9.76. The van der Waals surface area contributed by atoms with Crippen molar-refractivity contribution in [3.63, 3.8) is 0 Å². The molecule has 0 spiro atoms. The smallest absolute Gasteiger partial charge is 0.211 e. The van der Waals surface area contributed by atoms with Crippen LogP contribution >= 0.6 is 0 Å². The van der Waals surface area contributed by atoms with Crippen LogP contribution in [0.3, 0.4) is 0 Å². The van der Waals surface area contributed by atoms with Crippen molar-refractivity contribution in [2.75, 3.05) is 20.8 Å². The first-order valence-electron chi connectivity index (χ1n) is 9.98. The van der Waals surface area contributed by atoms with Gasteiger partial charge in [0.25, 0.3) is 0 Å². The summed E-state index contributed by atoms with van der Waals surface area (Å²) in [5, 5.41) is 11.6. The number of ketones is 2. The zero-order valence-electron chi connectivity index (χ0n) is 17.8. The van der Waals surface area contributed by atoms with Gasteiger partial charge in [-0.3, -0.25) is 19.7 Å². The maximum atomic E-state index is 13.6. The Morgan fingerprint density at radius 3 is 1.81 bits per heavy atom. The largest absolute Gasteiger partial charge is 0.497 e. The molecule has 0 saturated carbocycles. The highest BCUT2D eigenvalue weighted by molar-refractivity contribution is 6.16. The van der Waals surface area contributed by atoms with E-state index in [0.29, 0.717) is 28.2 Å². The van der Waals surface area contributed by atoms with Crippen LogP contribution in [0.5, 0.6) is 11.5 Å². The average molecular weight is 433 g/mol. The van der Waals surface area contributed by atoms with E-state index in [1.807, 2.05) is 0 Å². The number of ether oxygens (including phenoxy) is 2. The van der Waals surface area contributed by atoms with Gasteiger partial charge in [0, 0.05) is 27.7 Å². The Balaban J connectivity index is 2.19. The summed E-state index contributed by atoms with van der Waals surface area (Å²) in [7, 11) is 2.91. The van der Waals surface area contributed by atoms with Gasteiger partial charge in [0.1, 0.15) is 11.5 Å². The molecule has 0 aliphatic carbocycles. The molecule has 1 atom stereocenters. The lowest BCUT2D eigenvalue weighted by Gasteiger charge is -2.25. The Morgan fingerprint density at radius 1 is 0.844 bits per heavy atom. The number of hydrogen-bond acceptors (Lipinski definition) is 6. The van der Waals surface area contributed by atoms with E-state index >= 15 is 0 Å². The van der Waals surface area contributed by atoms with Gasteiger partial charge in [0.15, 0.2) is 11.6 Å². The third kappa shape index (κ3) is 5.00. The van der Waals surface area contributed by atoms with Crippen molar-refractivity contribution in [3.8, 4) is 11.5 Å². The number of hydrogen-bond donors (Lipinski definition) is 0. The third-order valence-electron chi connectivity index (χ3n) is 5.27. The Morgan fingerprint density at radius 2 is 1.38 bits per heavy atom. The predicted molar refractivity (Wildman–Crippen MR) is 119 cm³/mol. The average Bonchev–Trinajstić information content (AvgIpc) is 2.83. The number of carbonyl (C=O) groups is 2. The quantitative estimate of drug-likeness (QED) is 0.203. The molecule has 0 heterocycles. The first-order valence-corrected chi connectivity index (χ1v) is 9.98. The van der Waals surface area contributed by atoms with Gasteiger partial charge in [-0.25, -0.2) is 0 Å². The number of carbonyl (C=O) groups excluding carboxylic acids is 2. The second-order valence-electron chi connectivity index (χ2n) is 7.17. The van der Waals surface area contributed by atoms with Crippen LogP contribution in [0.4, 0.5) is 0 Å². The molecule has 0 N–H and O–H groups in total. The Bertz CT molecular complexity index is 1050. The molecule has 3 aromatic rings. The van der Waals surface area contributed by atoms with Crippen molar-refractivity contribution < 1.29 is 24.0 Å². The summed E-state index contributed by atoms with van der Waals surface area (Å²) < 4.78 is 10.7. The molecule has 7 nitrogen and oxygen atoms in total. The van der Waals surface area contributed by atoms with Crippen LogP contribution < -0.4 is 9.47 Å². The van der Waals surface area contributed by atoms with E-state index in [1.165, 1.54) is 14.2 Å². The summed E-state index contributed by atoms with van der Waals surface area (Å²) in [5.74, 6) is -2.53. The molecule has 0 unspecified atom stereocenters. The predicted octanol–water partition coefficient (Wildman–Crippen LogP) is 4.45. The monoisotopic (exact) mass is 433 g/mol. The number of Topliss-reactive ketones (excluding diaryl/α,β-unsaturated/α-hetero) is 2. The number of nitro groups is 1. The fraction of sp³-hybridized carbons (Fsp3) is 0.200. The Hall–Kier alpha value is -4.00. The number of rotatable bonds is 10. The minimum absolute atomic E-state index is 0.308. The Labute approximate surface area is 185 Å². The molecule has 0 radical (unpaired) electrons. The SMILES string of the molecule is COc1ccc([C@H](C[N+](=O)[O-])C(C(=O)c2ccccc2)C(=O)c2ccccc2)c(OC)c1. The summed E-state index contributed by atoms with van der Waals surface area (Å²) in [5.41, 5.74) is 1.01. The fourth-order valence-electron chi connectivity index (χ4n) is 3.72. The first kappa shape index (κ1) is 22.7. The van der Waals surface area contributed by atoms with Gasteiger partial charge in [-0.2, -0.15) is 0 Å². The van der Waals surface area contributed by atoms with Crippen molar-refractivity contribution in [1.29, 1.82) is 0 Å². The van der Waals surface area contributed by atoms with E-state index in [-0.39, 0.29) is 0 Å². The topological polar surface area (TPSA) is 95.7 Å². The van der Waals surface area contributed by atoms with Gasteiger partial charge in [0.2, 0.25) is 6.54 Å². The molecule has 7 heteroatoms. The highest BCUT2D eigenvalue weighted by Gasteiger charge is 2.41. The van der Waals surface area contributed by atoms with Gasteiger partial charge in [-0.15, -0.1) is 0 Å². The summed E-state index contributed by atoms with van der Waals surface area (Å²) in [6.45, 7) is -0.621. The van der Waals surface area contributed by atoms with E-state index in [2.05, 4.69) is 0 Å². The molecule has 0 bridgehead atoms. The Kier molecular flexibility index (Phi) is 7.33. The van der Waals surface area contributed by atoms with Crippen LogP contribution in [0.15, 0.2) is 78.9 Å². The third-order valence-corrected chi connectivity index (χ3v) is 5.27. The van der Waals surface area contributed by atoms with Crippen molar-refractivity contribution in [2.24, 2.45) is 5.92 Å². The zero-order chi connectivity index (χ0) is 23.1. The molecule has 3 rings (SSSR count). The second-order valence-corrected chi connectivity index (χ2v) is 7.17. The molecule has 32 heavy (non-hydrogen) atoms. The normalized spacial score (nSPS) is 11.6. The highest BCUT2D eigenvalue weighted by atomic mass is 16.6. The minimum atomic E-state index is -1.31. The van der Waals surface area contributed by atoms with Crippen molar-refractivity contribution in [1.82, 2.24) is 0 Å². The second kappa shape index (κ2) is 10.3. The number of benzene rings is 3. The fourth-order valence-corrected chi connectivity index (χ4v) is 3.72. The van der Waals surface area contributed by atoms with Gasteiger partial charge in [-0.1, -0.05) is 66.7 Å². The molecule has 0 aliphatic heterocycles. The molecule has 0 fully saturated rings. The van der Waals surface area contributed by atoms with Crippen LogP contribution in [-0.2, 0) is 0 Å². The maximum Gasteiger partial charge on any atom is 0.211 e. The van der Waals surface area contributed by atoms with E-state index in [4.69, 9.17) is 9.47 Å². The van der Waals surface area contributed by atoms with Gasteiger partial charge < -0.3 is 9.47 Å². The van der Waals surface area contributed by atoms with E-state index in [0.717, 1.165) is 0 Å².